The second-order valence-corrected chi connectivity index (χ2v) is 4.07. The van der Waals surface area contributed by atoms with Gasteiger partial charge in [0.05, 0.1) is 17.7 Å². The molecule has 0 aliphatic heterocycles. The molecule has 1 aromatic heterocycles. The van der Waals surface area contributed by atoms with Crippen molar-refractivity contribution >= 4 is 27.7 Å². The molecule has 0 atom stereocenters. The van der Waals surface area contributed by atoms with Gasteiger partial charge in [-0.1, -0.05) is 0 Å². The van der Waals surface area contributed by atoms with E-state index in [4.69, 9.17) is 15.7 Å². The summed E-state index contributed by atoms with van der Waals surface area (Å²) in [5.74, 6) is 6.25. The van der Waals surface area contributed by atoms with Crippen LogP contribution in [-0.4, -0.2) is 48.5 Å². The van der Waals surface area contributed by atoms with Crippen LogP contribution in [0.1, 0.15) is 0 Å². The number of aliphatic hydroxyl groups excluding tert-OH is 1. The number of methoxy groups -OCH3 is 1. The summed E-state index contributed by atoms with van der Waals surface area (Å²) >= 11 is 3.36. The van der Waals surface area contributed by atoms with E-state index in [1.54, 1.807) is 13.3 Å². The van der Waals surface area contributed by atoms with Gasteiger partial charge >= 0.3 is 0 Å². The molecule has 0 aliphatic carbocycles. The Morgan fingerprint density at radius 1 is 1.59 bits per heavy atom. The van der Waals surface area contributed by atoms with Crippen LogP contribution in [0.25, 0.3) is 0 Å². The van der Waals surface area contributed by atoms with Gasteiger partial charge in [-0.15, -0.1) is 0 Å². The Bertz CT molecular complexity index is 352. The van der Waals surface area contributed by atoms with Gasteiger partial charge in [-0.3, -0.25) is 5.43 Å². The standard InChI is InChI=1S/C9H16BrN5O2/c1-17-5-3-15(2-4-16)8-7(10)6-12-9(13-8)14-11/h6,16H,2-5,11H2,1H3,(H,12,13,14). The first-order valence-corrected chi connectivity index (χ1v) is 5.86. The molecule has 0 unspecified atom stereocenters. The molecule has 0 saturated heterocycles. The third-order valence-electron chi connectivity index (χ3n) is 2.09. The van der Waals surface area contributed by atoms with Crippen molar-refractivity contribution in [2.24, 2.45) is 5.84 Å². The maximum atomic E-state index is 9.03. The average Bonchev–Trinajstić information content (AvgIpc) is 2.35. The maximum absolute atomic E-state index is 9.03. The normalized spacial score (nSPS) is 10.4. The van der Waals surface area contributed by atoms with E-state index in [1.807, 2.05) is 4.90 Å². The average molecular weight is 306 g/mol. The fraction of sp³-hybridized carbons (Fsp3) is 0.556. The lowest BCUT2D eigenvalue weighted by molar-refractivity contribution is 0.202. The van der Waals surface area contributed by atoms with Crippen LogP contribution in [0.5, 0.6) is 0 Å². The summed E-state index contributed by atoms with van der Waals surface area (Å²) in [5.41, 5.74) is 2.38. The van der Waals surface area contributed by atoms with Crippen molar-refractivity contribution in [3.05, 3.63) is 10.7 Å². The van der Waals surface area contributed by atoms with Gasteiger partial charge in [0.25, 0.3) is 0 Å². The van der Waals surface area contributed by atoms with Crippen LogP contribution in [0.3, 0.4) is 0 Å². The zero-order valence-electron chi connectivity index (χ0n) is 9.56. The molecule has 1 heterocycles. The fourth-order valence-electron chi connectivity index (χ4n) is 1.30. The number of aromatic nitrogens is 2. The predicted octanol–water partition coefficient (Wildman–Crippen LogP) is -0.0302. The Kier molecular flexibility index (Phi) is 6.12. The quantitative estimate of drug-likeness (QED) is 0.481. The van der Waals surface area contributed by atoms with Gasteiger partial charge in [0.15, 0.2) is 0 Å². The summed E-state index contributed by atoms with van der Waals surface area (Å²) < 4.78 is 5.75. The van der Waals surface area contributed by atoms with Crippen molar-refractivity contribution in [3.63, 3.8) is 0 Å². The molecule has 8 heteroatoms. The number of nitrogen functional groups attached to an aromatic ring is 1. The number of nitrogens with zero attached hydrogens (tertiary/aromatic N) is 3. The van der Waals surface area contributed by atoms with E-state index in [1.165, 1.54) is 0 Å². The molecular formula is C9H16BrN5O2. The van der Waals surface area contributed by atoms with Crippen LogP contribution in [-0.2, 0) is 4.74 Å². The summed E-state index contributed by atoms with van der Waals surface area (Å²) in [6.45, 7) is 1.66. The summed E-state index contributed by atoms with van der Waals surface area (Å²) in [7, 11) is 1.62. The highest BCUT2D eigenvalue weighted by molar-refractivity contribution is 9.10. The first-order valence-electron chi connectivity index (χ1n) is 5.06. The zero-order valence-corrected chi connectivity index (χ0v) is 11.1. The SMILES string of the molecule is COCCN(CCO)c1nc(NN)ncc1Br. The molecule has 96 valence electrons. The van der Waals surface area contributed by atoms with E-state index in [0.717, 1.165) is 4.47 Å². The van der Waals surface area contributed by atoms with Crippen LogP contribution in [0.15, 0.2) is 10.7 Å². The number of nitrogens with one attached hydrogen (secondary N) is 1. The molecule has 0 bridgehead atoms. The Labute approximate surface area is 108 Å². The van der Waals surface area contributed by atoms with Gasteiger partial charge in [-0.25, -0.2) is 10.8 Å². The van der Waals surface area contributed by atoms with Gasteiger partial charge in [0.2, 0.25) is 5.95 Å². The Hall–Kier alpha value is -0.960. The molecule has 0 amide bonds. The smallest absolute Gasteiger partial charge is 0.239 e. The number of hydrogen-bond acceptors (Lipinski definition) is 7. The third kappa shape index (κ3) is 4.08. The number of aliphatic hydroxyl groups is 1. The van der Waals surface area contributed by atoms with E-state index in [2.05, 4.69) is 31.3 Å². The minimum atomic E-state index is 0.0333. The molecule has 1 rings (SSSR count). The molecule has 0 saturated carbocycles. The highest BCUT2D eigenvalue weighted by Gasteiger charge is 2.12. The Morgan fingerprint density at radius 3 is 2.94 bits per heavy atom. The third-order valence-corrected chi connectivity index (χ3v) is 2.65. The lowest BCUT2D eigenvalue weighted by atomic mass is 10.4. The van der Waals surface area contributed by atoms with Gasteiger partial charge < -0.3 is 14.7 Å². The van der Waals surface area contributed by atoms with Crippen molar-refractivity contribution in [2.75, 3.05) is 43.7 Å². The molecule has 4 N–H and O–H groups in total. The number of hydrogen-bond donors (Lipinski definition) is 3. The molecule has 0 aliphatic rings. The van der Waals surface area contributed by atoms with E-state index in [9.17, 15) is 0 Å². The van der Waals surface area contributed by atoms with E-state index in [0.29, 0.717) is 31.5 Å². The van der Waals surface area contributed by atoms with Gasteiger partial charge in [-0.2, -0.15) is 4.98 Å². The second kappa shape index (κ2) is 7.38. The zero-order chi connectivity index (χ0) is 12.7. The van der Waals surface area contributed by atoms with Crippen molar-refractivity contribution in [1.29, 1.82) is 0 Å². The number of rotatable bonds is 7. The number of anilines is 2. The molecular weight excluding hydrogens is 290 g/mol. The topological polar surface area (TPSA) is 96.5 Å². The number of halogens is 1. The number of nitrogens with two attached hydrogens (primary N) is 1. The highest BCUT2D eigenvalue weighted by Crippen LogP contribution is 2.23. The van der Waals surface area contributed by atoms with Crippen LogP contribution in [0, 0.1) is 0 Å². The number of ether oxygens (including phenoxy) is 1. The second-order valence-electron chi connectivity index (χ2n) is 3.21. The molecule has 17 heavy (non-hydrogen) atoms. The minimum Gasteiger partial charge on any atom is -0.395 e. The number of hydrazine groups is 1. The summed E-state index contributed by atoms with van der Waals surface area (Å²) in [5, 5.41) is 9.03. The molecule has 1 aromatic rings. The van der Waals surface area contributed by atoms with E-state index < -0.39 is 0 Å². The lowest BCUT2D eigenvalue weighted by Crippen LogP contribution is -2.31. The lowest BCUT2D eigenvalue weighted by Gasteiger charge is -2.23. The van der Waals surface area contributed by atoms with Crippen molar-refractivity contribution in [1.82, 2.24) is 9.97 Å². The summed E-state index contributed by atoms with van der Waals surface area (Å²) in [4.78, 5) is 10.1. The van der Waals surface area contributed by atoms with Crippen molar-refractivity contribution in [2.45, 2.75) is 0 Å². The van der Waals surface area contributed by atoms with Crippen LogP contribution >= 0.6 is 15.9 Å². The monoisotopic (exact) mass is 305 g/mol. The summed E-state index contributed by atoms with van der Waals surface area (Å²) in [6.07, 6.45) is 1.61. The summed E-state index contributed by atoms with van der Waals surface area (Å²) in [6, 6.07) is 0. The molecule has 0 aromatic carbocycles. The van der Waals surface area contributed by atoms with Gasteiger partial charge in [0.1, 0.15) is 5.82 Å². The first-order chi connectivity index (χ1) is 8.22. The molecule has 0 radical (unpaired) electrons. The Balaban J connectivity index is 2.90. The molecule has 7 nitrogen and oxygen atoms in total. The van der Waals surface area contributed by atoms with Gasteiger partial charge in [-0.05, 0) is 15.9 Å². The highest BCUT2D eigenvalue weighted by atomic mass is 79.9. The van der Waals surface area contributed by atoms with Gasteiger partial charge in [0, 0.05) is 26.4 Å². The van der Waals surface area contributed by atoms with Crippen LogP contribution in [0.4, 0.5) is 11.8 Å². The van der Waals surface area contributed by atoms with Crippen molar-refractivity contribution < 1.29 is 9.84 Å². The maximum Gasteiger partial charge on any atom is 0.239 e. The van der Waals surface area contributed by atoms with Crippen LogP contribution < -0.4 is 16.2 Å². The molecule has 0 fully saturated rings. The Morgan fingerprint density at radius 2 is 2.35 bits per heavy atom. The fourth-order valence-corrected chi connectivity index (χ4v) is 1.74. The first kappa shape index (κ1) is 14.1. The molecule has 0 spiro atoms. The van der Waals surface area contributed by atoms with E-state index >= 15 is 0 Å². The van der Waals surface area contributed by atoms with Crippen LogP contribution in [0.2, 0.25) is 0 Å². The van der Waals surface area contributed by atoms with E-state index in [-0.39, 0.29) is 6.61 Å². The largest absolute Gasteiger partial charge is 0.395 e. The minimum absolute atomic E-state index is 0.0333. The van der Waals surface area contributed by atoms with Crippen molar-refractivity contribution in [3.8, 4) is 0 Å². The predicted molar refractivity (Wildman–Crippen MR) is 68.7 cm³/mol.